The molecule has 0 atom stereocenters. The minimum absolute atomic E-state index is 0.866. The molecule has 0 fully saturated rings. The summed E-state index contributed by atoms with van der Waals surface area (Å²) < 4.78 is 50.1. The summed E-state index contributed by atoms with van der Waals surface area (Å²) in [5, 5.41) is 0. The van der Waals surface area contributed by atoms with Gasteiger partial charge in [0.2, 0.25) is 0 Å². The molecule has 13 heteroatoms. The molecular formula is C21H52O9Si4. The summed E-state index contributed by atoms with van der Waals surface area (Å²) >= 11 is 0. The Balaban J connectivity index is 4.73. The lowest BCUT2D eigenvalue weighted by Crippen LogP contribution is -2.42. The summed E-state index contributed by atoms with van der Waals surface area (Å²) in [5.41, 5.74) is 0. The first-order valence-corrected chi connectivity index (χ1v) is 20.5. The van der Waals surface area contributed by atoms with Crippen molar-refractivity contribution in [3.8, 4) is 0 Å². The monoisotopic (exact) mass is 560 g/mol. The standard InChI is InChI=1S/C21H52O9Si4/c1-22-32(23-2,24-3)19-13-10-16-31(17-11-14-20-33(25-4,26-5)27-6)18-12-15-21-34(28-7,29-8)30-9/h31H,10-21H2,1-9H3. The Morgan fingerprint density at radius 1 is 0.353 bits per heavy atom. The minimum atomic E-state index is -2.48. The van der Waals surface area contributed by atoms with Crippen molar-refractivity contribution >= 4 is 35.2 Å². The van der Waals surface area contributed by atoms with E-state index < -0.39 is 35.2 Å². The lowest BCUT2D eigenvalue weighted by Gasteiger charge is -2.25. The average molecular weight is 561 g/mol. The van der Waals surface area contributed by atoms with Gasteiger partial charge in [-0.25, -0.2) is 0 Å². The van der Waals surface area contributed by atoms with E-state index in [-0.39, 0.29) is 0 Å². The van der Waals surface area contributed by atoms with Gasteiger partial charge in [-0.15, -0.1) is 0 Å². The summed E-state index contributed by atoms with van der Waals surface area (Å²) in [6.45, 7) is 0. The normalized spacial score (nSPS) is 13.2. The maximum atomic E-state index is 5.57. The molecule has 9 nitrogen and oxygen atoms in total. The van der Waals surface area contributed by atoms with Crippen LogP contribution in [0.2, 0.25) is 36.3 Å². The van der Waals surface area contributed by atoms with Gasteiger partial charge < -0.3 is 39.8 Å². The Bertz CT molecular complexity index is 388. The molecule has 206 valence electrons. The number of rotatable bonds is 24. The molecule has 0 amide bonds. The van der Waals surface area contributed by atoms with Crippen LogP contribution < -0.4 is 0 Å². The third-order valence-electron chi connectivity index (χ3n) is 6.84. The zero-order chi connectivity index (χ0) is 25.9. The number of hydrogen-bond acceptors (Lipinski definition) is 9. The van der Waals surface area contributed by atoms with Gasteiger partial charge in [0.1, 0.15) is 0 Å². The van der Waals surface area contributed by atoms with Crippen LogP contribution in [0, 0.1) is 0 Å². The van der Waals surface area contributed by atoms with Crippen LogP contribution in [0.25, 0.3) is 0 Å². The summed E-state index contributed by atoms with van der Waals surface area (Å²) in [7, 11) is 6.83. The van der Waals surface area contributed by atoms with E-state index in [1.807, 2.05) is 0 Å². The maximum Gasteiger partial charge on any atom is 0.500 e. The molecule has 0 radical (unpaired) electrons. The second-order valence-corrected chi connectivity index (χ2v) is 21.2. The van der Waals surface area contributed by atoms with Gasteiger partial charge in [0.05, 0.1) is 0 Å². The molecule has 0 heterocycles. The smallest absolute Gasteiger partial charge is 0.377 e. The van der Waals surface area contributed by atoms with Gasteiger partial charge >= 0.3 is 26.4 Å². The van der Waals surface area contributed by atoms with E-state index in [0.29, 0.717) is 0 Å². The molecule has 0 aromatic rings. The van der Waals surface area contributed by atoms with Gasteiger partial charge in [-0.05, 0) is 19.3 Å². The zero-order valence-electron chi connectivity index (χ0n) is 23.2. The van der Waals surface area contributed by atoms with Gasteiger partial charge in [0.25, 0.3) is 0 Å². The third kappa shape index (κ3) is 12.2. The molecule has 0 aliphatic heterocycles. The van der Waals surface area contributed by atoms with Crippen LogP contribution >= 0.6 is 0 Å². The number of hydrogen-bond donors (Lipinski definition) is 0. The Morgan fingerprint density at radius 3 is 0.735 bits per heavy atom. The molecule has 0 spiro atoms. The molecule has 0 rings (SSSR count). The molecule has 34 heavy (non-hydrogen) atoms. The van der Waals surface area contributed by atoms with Crippen molar-refractivity contribution in [1.82, 2.24) is 0 Å². The first-order valence-electron chi connectivity index (χ1n) is 12.3. The third-order valence-corrected chi connectivity index (χ3v) is 19.0. The van der Waals surface area contributed by atoms with Crippen molar-refractivity contribution in [3.63, 3.8) is 0 Å². The van der Waals surface area contributed by atoms with Crippen LogP contribution in [0.5, 0.6) is 0 Å². The fourth-order valence-corrected chi connectivity index (χ4v) is 13.3. The Kier molecular flexibility index (Phi) is 19.9. The van der Waals surface area contributed by atoms with E-state index in [1.165, 1.54) is 37.4 Å². The lowest BCUT2D eigenvalue weighted by molar-refractivity contribution is 0.122. The van der Waals surface area contributed by atoms with Crippen molar-refractivity contribution in [1.29, 1.82) is 0 Å². The predicted molar refractivity (Wildman–Crippen MR) is 144 cm³/mol. The molecule has 0 aliphatic carbocycles. The zero-order valence-corrected chi connectivity index (χ0v) is 27.4. The predicted octanol–water partition coefficient (Wildman–Crippen LogP) is 4.19. The van der Waals surface area contributed by atoms with Crippen LogP contribution in [0.3, 0.4) is 0 Å². The summed E-state index contributed by atoms with van der Waals surface area (Å²) in [6, 6.07) is 6.57. The van der Waals surface area contributed by atoms with E-state index in [9.17, 15) is 0 Å². The van der Waals surface area contributed by atoms with Crippen molar-refractivity contribution < 1.29 is 39.8 Å². The quantitative estimate of drug-likeness (QED) is 0.127. The van der Waals surface area contributed by atoms with Gasteiger partial charge in [0, 0.05) is 90.9 Å². The molecule has 0 bridgehead atoms. The fraction of sp³-hybridized carbons (Fsp3) is 1.00. The minimum Gasteiger partial charge on any atom is -0.377 e. The Labute approximate surface area is 213 Å². The molecule has 0 saturated heterocycles. The Hall–Kier alpha value is 0.508. The highest BCUT2D eigenvalue weighted by Gasteiger charge is 2.38. The molecule has 0 aromatic carbocycles. The van der Waals surface area contributed by atoms with Gasteiger partial charge in [-0.1, -0.05) is 37.4 Å². The van der Waals surface area contributed by atoms with E-state index in [1.54, 1.807) is 64.0 Å². The van der Waals surface area contributed by atoms with Crippen molar-refractivity contribution in [2.45, 2.75) is 74.8 Å². The highest BCUT2D eigenvalue weighted by Crippen LogP contribution is 2.25. The molecule has 0 unspecified atom stereocenters. The second kappa shape index (κ2) is 19.6. The SMILES string of the molecule is CO[Si](CCCC[SiH](CCCC[Si](OC)(OC)OC)CCCC[Si](OC)(OC)OC)(OC)OC. The largest absolute Gasteiger partial charge is 0.500 e. The molecular weight excluding hydrogens is 509 g/mol. The second-order valence-electron chi connectivity index (χ2n) is 8.49. The van der Waals surface area contributed by atoms with Gasteiger partial charge in [-0.2, -0.15) is 0 Å². The van der Waals surface area contributed by atoms with Crippen LogP contribution in [0.15, 0.2) is 0 Å². The van der Waals surface area contributed by atoms with E-state index in [4.69, 9.17) is 39.8 Å². The van der Waals surface area contributed by atoms with Crippen LogP contribution in [0.1, 0.15) is 38.5 Å². The Morgan fingerprint density at radius 2 is 0.559 bits per heavy atom. The van der Waals surface area contributed by atoms with Gasteiger partial charge in [0.15, 0.2) is 0 Å². The fourth-order valence-electron chi connectivity index (χ4n) is 4.43. The lowest BCUT2D eigenvalue weighted by atomic mass is 10.4. The summed E-state index contributed by atoms with van der Waals surface area (Å²) in [6.07, 6.45) is 6.81. The highest BCUT2D eigenvalue weighted by molar-refractivity contribution is 6.61. The van der Waals surface area contributed by atoms with E-state index >= 15 is 0 Å². The topological polar surface area (TPSA) is 83.1 Å². The average Bonchev–Trinajstić information content (AvgIpc) is 2.89. The molecule has 0 N–H and O–H groups in total. The van der Waals surface area contributed by atoms with Crippen LogP contribution in [-0.4, -0.2) is 99.2 Å². The van der Waals surface area contributed by atoms with Crippen molar-refractivity contribution in [2.75, 3.05) is 64.0 Å². The van der Waals surface area contributed by atoms with Crippen molar-refractivity contribution in [3.05, 3.63) is 0 Å². The molecule has 0 saturated carbocycles. The summed E-state index contributed by atoms with van der Waals surface area (Å²) in [5.74, 6) is 0. The van der Waals surface area contributed by atoms with E-state index in [2.05, 4.69) is 0 Å². The number of unbranched alkanes of at least 4 members (excludes halogenated alkanes) is 3. The first kappa shape index (κ1) is 34.5. The molecule has 0 aliphatic rings. The molecule has 0 aromatic heterocycles. The summed E-state index contributed by atoms with van der Waals surface area (Å²) in [4.78, 5) is 0. The van der Waals surface area contributed by atoms with Crippen molar-refractivity contribution in [2.24, 2.45) is 0 Å². The van der Waals surface area contributed by atoms with Crippen LogP contribution in [-0.2, 0) is 39.8 Å². The van der Waals surface area contributed by atoms with Gasteiger partial charge in [-0.3, -0.25) is 0 Å². The van der Waals surface area contributed by atoms with E-state index in [0.717, 1.165) is 37.4 Å². The highest BCUT2D eigenvalue weighted by atomic mass is 28.4. The first-order chi connectivity index (χ1) is 16.3. The van der Waals surface area contributed by atoms with Crippen LogP contribution in [0.4, 0.5) is 0 Å². The maximum absolute atomic E-state index is 5.57.